The van der Waals surface area contributed by atoms with E-state index in [2.05, 4.69) is 42.7 Å². The van der Waals surface area contributed by atoms with Crippen LogP contribution >= 0.6 is 31.9 Å². The van der Waals surface area contributed by atoms with Gasteiger partial charge in [-0.2, -0.15) is 0 Å². The van der Waals surface area contributed by atoms with Crippen LogP contribution in [0.25, 0.3) is 0 Å². The van der Waals surface area contributed by atoms with Crippen LogP contribution in [0.3, 0.4) is 0 Å². The van der Waals surface area contributed by atoms with Crippen molar-refractivity contribution in [1.82, 2.24) is 0 Å². The number of halogens is 2. The number of hydrogen-bond acceptors (Lipinski definition) is 1. The molecule has 1 heterocycles. The average molecular weight is 237 g/mol. The van der Waals surface area contributed by atoms with E-state index < -0.39 is 0 Å². The van der Waals surface area contributed by atoms with Crippen molar-refractivity contribution >= 4 is 37.7 Å². The standard InChI is InChI=1S/C5H3Br2N/c6-4-1-5(7)3-8-2-4/h2H,1H2. The van der Waals surface area contributed by atoms with E-state index in [-0.39, 0.29) is 0 Å². The van der Waals surface area contributed by atoms with E-state index in [1.807, 2.05) is 0 Å². The van der Waals surface area contributed by atoms with Crippen LogP contribution in [0, 0.1) is 0 Å². The topological polar surface area (TPSA) is 12.4 Å². The van der Waals surface area contributed by atoms with Gasteiger partial charge in [-0.15, -0.1) is 0 Å². The Balaban J connectivity index is 2.83. The first-order chi connectivity index (χ1) is 3.79. The maximum Gasteiger partial charge on any atom is 0.0613 e. The van der Waals surface area contributed by atoms with Gasteiger partial charge < -0.3 is 0 Å². The van der Waals surface area contributed by atoms with Crippen molar-refractivity contribution in [3.8, 4) is 0 Å². The Labute approximate surface area is 64.4 Å². The third kappa shape index (κ3) is 1.58. The van der Waals surface area contributed by atoms with Crippen LogP contribution in [-0.4, -0.2) is 5.87 Å². The minimum absolute atomic E-state index is 0.878. The molecule has 0 spiro atoms. The van der Waals surface area contributed by atoms with Crippen LogP contribution in [0.4, 0.5) is 0 Å². The minimum atomic E-state index is 0.878. The Morgan fingerprint density at radius 1 is 1.62 bits per heavy atom. The fraction of sp³-hybridized carbons (Fsp3) is 0.200. The molecule has 0 aliphatic carbocycles. The molecule has 0 aromatic carbocycles. The fourth-order valence-corrected chi connectivity index (χ4v) is 1.57. The summed E-state index contributed by atoms with van der Waals surface area (Å²) in [5, 5.41) is 0. The molecule has 0 aromatic rings. The Bertz CT molecular complexity index is 187. The largest absolute Gasteiger partial charge is 0.212 e. The van der Waals surface area contributed by atoms with Crippen LogP contribution in [0.15, 0.2) is 20.2 Å². The number of hydrogen-bond donors (Lipinski definition) is 0. The minimum Gasteiger partial charge on any atom is -0.212 e. The second-order valence-electron chi connectivity index (χ2n) is 1.40. The summed E-state index contributed by atoms with van der Waals surface area (Å²) in [6.07, 6.45) is 2.62. The van der Waals surface area contributed by atoms with Crippen LogP contribution in [0.2, 0.25) is 0 Å². The monoisotopic (exact) mass is 235 g/mol. The molecule has 0 fully saturated rings. The van der Waals surface area contributed by atoms with Crippen LogP contribution in [-0.2, 0) is 0 Å². The molecular formula is C5H3Br2N. The maximum atomic E-state index is 3.80. The van der Waals surface area contributed by atoms with E-state index in [9.17, 15) is 0 Å². The lowest BCUT2D eigenvalue weighted by Crippen LogP contribution is -1.78. The normalized spacial score (nSPS) is 17.8. The summed E-state index contributed by atoms with van der Waals surface area (Å²) in [4.78, 5) is 3.80. The summed E-state index contributed by atoms with van der Waals surface area (Å²) in [5.74, 6) is 2.76. The highest BCUT2D eigenvalue weighted by atomic mass is 79.9. The zero-order chi connectivity index (χ0) is 5.98. The van der Waals surface area contributed by atoms with Gasteiger partial charge in [0.1, 0.15) is 0 Å². The number of allylic oxidation sites excluding steroid dienone is 2. The summed E-state index contributed by atoms with van der Waals surface area (Å²) in [6.45, 7) is 0. The smallest absolute Gasteiger partial charge is 0.0613 e. The van der Waals surface area contributed by atoms with Gasteiger partial charge in [-0.3, -0.25) is 0 Å². The molecule has 0 atom stereocenters. The van der Waals surface area contributed by atoms with Gasteiger partial charge in [-0.25, -0.2) is 4.99 Å². The molecule has 1 aliphatic rings. The molecule has 1 rings (SSSR count). The lowest BCUT2D eigenvalue weighted by Gasteiger charge is -1.95. The number of aliphatic imine (C=N–C) groups is 1. The Morgan fingerprint density at radius 3 is 2.75 bits per heavy atom. The van der Waals surface area contributed by atoms with Gasteiger partial charge in [0.2, 0.25) is 0 Å². The summed E-state index contributed by atoms with van der Waals surface area (Å²) in [6, 6.07) is 0. The average Bonchev–Trinajstić information content (AvgIpc) is 1.64. The van der Waals surface area contributed by atoms with Gasteiger partial charge in [-0.1, -0.05) is 15.9 Å². The molecule has 1 aliphatic heterocycles. The van der Waals surface area contributed by atoms with E-state index >= 15 is 0 Å². The van der Waals surface area contributed by atoms with E-state index in [4.69, 9.17) is 0 Å². The molecule has 0 amide bonds. The van der Waals surface area contributed by atoms with Crippen molar-refractivity contribution in [3.05, 3.63) is 15.2 Å². The second kappa shape index (κ2) is 2.62. The van der Waals surface area contributed by atoms with Gasteiger partial charge in [-0.05, 0) is 21.8 Å². The highest BCUT2D eigenvalue weighted by Crippen LogP contribution is 2.21. The molecule has 3 heteroatoms. The molecule has 0 N–H and O–H groups in total. The first-order valence-corrected chi connectivity index (χ1v) is 3.69. The molecule has 0 unspecified atom stereocenters. The van der Waals surface area contributed by atoms with Crippen molar-refractivity contribution < 1.29 is 0 Å². The highest BCUT2D eigenvalue weighted by Gasteiger charge is 1.97. The van der Waals surface area contributed by atoms with E-state index in [0.717, 1.165) is 15.4 Å². The predicted octanol–water partition coefficient (Wildman–Crippen LogP) is 2.57. The van der Waals surface area contributed by atoms with Crippen LogP contribution in [0.1, 0.15) is 6.42 Å². The maximum absolute atomic E-state index is 3.80. The Kier molecular flexibility index (Phi) is 2.06. The Hall–Kier alpha value is 0.150. The van der Waals surface area contributed by atoms with Crippen LogP contribution < -0.4 is 0 Å². The van der Waals surface area contributed by atoms with Crippen molar-refractivity contribution in [3.63, 3.8) is 0 Å². The zero-order valence-electron chi connectivity index (χ0n) is 3.99. The Morgan fingerprint density at radius 2 is 2.38 bits per heavy atom. The van der Waals surface area contributed by atoms with Crippen molar-refractivity contribution in [2.24, 2.45) is 4.99 Å². The molecule has 0 saturated heterocycles. The van der Waals surface area contributed by atoms with E-state index in [1.54, 1.807) is 6.20 Å². The summed E-state index contributed by atoms with van der Waals surface area (Å²) in [5.41, 5.74) is 0. The molecule has 0 saturated carbocycles. The molecule has 0 bridgehead atoms. The number of nitrogens with zero attached hydrogens (tertiary/aromatic N) is 1. The van der Waals surface area contributed by atoms with Gasteiger partial charge >= 0.3 is 0 Å². The van der Waals surface area contributed by atoms with Crippen LogP contribution in [0.5, 0.6) is 0 Å². The lowest BCUT2D eigenvalue weighted by atomic mass is 10.4. The van der Waals surface area contributed by atoms with E-state index in [0.29, 0.717) is 0 Å². The first kappa shape index (κ1) is 6.27. The van der Waals surface area contributed by atoms with E-state index in [1.165, 1.54) is 0 Å². The molecule has 1 nitrogen and oxygen atoms in total. The molecule has 8 heavy (non-hydrogen) atoms. The van der Waals surface area contributed by atoms with Crippen molar-refractivity contribution in [2.75, 3.05) is 0 Å². The molecule has 0 aromatic heterocycles. The van der Waals surface area contributed by atoms with Gasteiger partial charge in [0.15, 0.2) is 0 Å². The first-order valence-electron chi connectivity index (χ1n) is 2.11. The summed E-state index contributed by atoms with van der Waals surface area (Å²) >= 11 is 6.57. The fourth-order valence-electron chi connectivity index (χ4n) is 0.406. The number of rotatable bonds is 0. The van der Waals surface area contributed by atoms with Gasteiger partial charge in [0, 0.05) is 17.1 Å². The van der Waals surface area contributed by atoms with Crippen molar-refractivity contribution in [1.29, 1.82) is 0 Å². The highest BCUT2D eigenvalue weighted by molar-refractivity contribution is 9.12. The third-order valence-electron chi connectivity index (χ3n) is 0.715. The molecule has 0 radical (unpaired) electrons. The van der Waals surface area contributed by atoms with Gasteiger partial charge in [0.25, 0.3) is 0 Å². The predicted molar refractivity (Wildman–Crippen MR) is 41.5 cm³/mol. The summed E-state index contributed by atoms with van der Waals surface area (Å²) < 4.78 is 2.08. The lowest BCUT2D eigenvalue weighted by molar-refractivity contribution is 1.31. The summed E-state index contributed by atoms with van der Waals surface area (Å²) in [7, 11) is 0. The quantitative estimate of drug-likeness (QED) is 0.613. The molecular weight excluding hydrogens is 234 g/mol. The third-order valence-corrected chi connectivity index (χ3v) is 1.66. The zero-order valence-corrected chi connectivity index (χ0v) is 7.16. The second-order valence-corrected chi connectivity index (χ2v) is 3.37. The SMILES string of the molecule is BrC1=C=NC=C(Br)C1. The molecule has 42 valence electrons. The van der Waals surface area contributed by atoms with Crippen molar-refractivity contribution in [2.45, 2.75) is 6.42 Å². The van der Waals surface area contributed by atoms with Gasteiger partial charge in [0.05, 0.1) is 4.48 Å².